The van der Waals surface area contributed by atoms with Crippen LogP contribution in [0.4, 0.5) is 0 Å². The molecule has 0 saturated carbocycles. The van der Waals surface area contributed by atoms with E-state index < -0.39 is 0 Å². The van der Waals surface area contributed by atoms with Crippen LogP contribution in [-0.4, -0.2) is 28.7 Å². The standard InChI is InChI=1S/C16H23NOS/c1-13-6-5-7-14(2)17(13)11-16-10-15(12-19-16)8-3-4-9-18/h10,12-14,18H,4-7,9,11H2,1-2H3. The summed E-state index contributed by atoms with van der Waals surface area (Å²) in [6.07, 6.45) is 4.56. The fraction of sp³-hybridized carbons (Fsp3) is 0.625. The second kappa shape index (κ2) is 7.09. The number of hydrogen-bond donors (Lipinski definition) is 1. The Hall–Kier alpha value is -0.820. The second-order valence-corrected chi connectivity index (χ2v) is 6.37. The molecule has 0 spiro atoms. The summed E-state index contributed by atoms with van der Waals surface area (Å²) in [6.45, 7) is 5.87. The predicted molar refractivity (Wildman–Crippen MR) is 81.2 cm³/mol. The molecule has 0 aromatic carbocycles. The highest BCUT2D eigenvalue weighted by molar-refractivity contribution is 7.10. The SMILES string of the molecule is CC1CCCC(C)N1Cc1cc(C#CCCO)cs1. The molecule has 1 fully saturated rings. The number of thiophene rings is 1. The van der Waals surface area contributed by atoms with Gasteiger partial charge in [0.05, 0.1) is 6.61 Å². The predicted octanol–water partition coefficient (Wildman–Crippen LogP) is 3.24. The number of nitrogens with zero attached hydrogens (tertiary/aromatic N) is 1. The number of likely N-dealkylation sites (tertiary alicyclic amines) is 1. The number of aliphatic hydroxyl groups is 1. The Morgan fingerprint density at radius 3 is 2.79 bits per heavy atom. The summed E-state index contributed by atoms with van der Waals surface area (Å²) in [5, 5.41) is 10.8. The Bertz CT molecular complexity index is 447. The average Bonchev–Trinajstić information content (AvgIpc) is 2.82. The van der Waals surface area contributed by atoms with Crippen LogP contribution < -0.4 is 0 Å². The topological polar surface area (TPSA) is 23.5 Å². The van der Waals surface area contributed by atoms with Crippen molar-refractivity contribution in [2.45, 2.75) is 58.2 Å². The Morgan fingerprint density at radius 1 is 1.37 bits per heavy atom. The van der Waals surface area contributed by atoms with E-state index >= 15 is 0 Å². The van der Waals surface area contributed by atoms with Gasteiger partial charge in [-0.15, -0.1) is 11.3 Å². The largest absolute Gasteiger partial charge is 0.395 e. The van der Waals surface area contributed by atoms with Crippen LogP contribution in [-0.2, 0) is 6.54 Å². The molecular weight excluding hydrogens is 254 g/mol. The van der Waals surface area contributed by atoms with Crippen LogP contribution in [0, 0.1) is 11.8 Å². The lowest BCUT2D eigenvalue weighted by Gasteiger charge is -2.38. The second-order valence-electron chi connectivity index (χ2n) is 5.38. The van der Waals surface area contributed by atoms with Crippen molar-refractivity contribution in [1.82, 2.24) is 4.90 Å². The third-order valence-electron chi connectivity index (χ3n) is 3.84. The van der Waals surface area contributed by atoms with Crippen molar-refractivity contribution in [2.24, 2.45) is 0 Å². The van der Waals surface area contributed by atoms with Crippen molar-refractivity contribution in [3.05, 3.63) is 21.9 Å². The van der Waals surface area contributed by atoms with E-state index in [1.165, 1.54) is 24.1 Å². The molecule has 3 heteroatoms. The lowest BCUT2D eigenvalue weighted by molar-refractivity contribution is 0.0964. The highest BCUT2D eigenvalue weighted by Gasteiger charge is 2.24. The summed E-state index contributed by atoms with van der Waals surface area (Å²) >= 11 is 1.80. The fourth-order valence-electron chi connectivity index (χ4n) is 2.72. The van der Waals surface area contributed by atoms with E-state index in [9.17, 15) is 0 Å². The maximum absolute atomic E-state index is 8.72. The zero-order chi connectivity index (χ0) is 13.7. The summed E-state index contributed by atoms with van der Waals surface area (Å²) in [6, 6.07) is 3.58. The summed E-state index contributed by atoms with van der Waals surface area (Å²) in [5.41, 5.74) is 1.09. The van der Waals surface area contributed by atoms with Crippen molar-refractivity contribution in [3.8, 4) is 11.8 Å². The van der Waals surface area contributed by atoms with Crippen LogP contribution in [0.2, 0.25) is 0 Å². The molecule has 19 heavy (non-hydrogen) atoms. The molecule has 2 atom stereocenters. The van der Waals surface area contributed by atoms with E-state index in [1.54, 1.807) is 11.3 Å². The molecule has 1 aromatic heterocycles. The van der Waals surface area contributed by atoms with Gasteiger partial charge < -0.3 is 5.11 Å². The maximum atomic E-state index is 8.72. The first-order valence-corrected chi connectivity index (χ1v) is 8.01. The molecule has 104 valence electrons. The van der Waals surface area contributed by atoms with Crippen LogP contribution in [0.5, 0.6) is 0 Å². The first-order chi connectivity index (χ1) is 9.20. The third kappa shape index (κ3) is 4.07. The summed E-state index contributed by atoms with van der Waals surface area (Å²) < 4.78 is 0. The minimum atomic E-state index is 0.146. The van der Waals surface area contributed by atoms with Gasteiger partial charge >= 0.3 is 0 Å². The van der Waals surface area contributed by atoms with Crippen LogP contribution in [0.25, 0.3) is 0 Å². The average molecular weight is 277 g/mol. The molecule has 1 aliphatic heterocycles. The molecule has 2 unspecified atom stereocenters. The van der Waals surface area contributed by atoms with E-state index in [2.05, 4.69) is 42.0 Å². The van der Waals surface area contributed by atoms with Crippen LogP contribution in [0.1, 0.15) is 50.0 Å². The summed E-state index contributed by atoms with van der Waals surface area (Å²) in [4.78, 5) is 4.01. The van der Waals surface area contributed by atoms with Gasteiger partial charge in [-0.05, 0) is 32.8 Å². The fourth-order valence-corrected chi connectivity index (χ4v) is 3.54. The van der Waals surface area contributed by atoms with Crippen LogP contribution in [0.3, 0.4) is 0 Å². The smallest absolute Gasteiger partial charge is 0.0540 e. The molecule has 2 nitrogen and oxygen atoms in total. The van der Waals surface area contributed by atoms with Gasteiger partial charge in [0.2, 0.25) is 0 Å². The van der Waals surface area contributed by atoms with E-state index in [4.69, 9.17) is 5.11 Å². The molecule has 0 aliphatic carbocycles. The summed E-state index contributed by atoms with van der Waals surface area (Å²) in [7, 11) is 0. The molecule has 1 N–H and O–H groups in total. The van der Waals surface area contributed by atoms with Gasteiger partial charge in [0.15, 0.2) is 0 Å². The zero-order valence-electron chi connectivity index (χ0n) is 11.9. The molecule has 2 rings (SSSR count). The molecule has 0 bridgehead atoms. The van der Waals surface area contributed by atoms with E-state index in [0.717, 1.165) is 12.1 Å². The van der Waals surface area contributed by atoms with Gasteiger partial charge in [-0.2, -0.15) is 0 Å². The van der Waals surface area contributed by atoms with E-state index in [0.29, 0.717) is 18.5 Å². The van der Waals surface area contributed by atoms with Crippen LogP contribution >= 0.6 is 11.3 Å². The molecule has 1 aliphatic rings. The molecule has 1 aromatic rings. The van der Waals surface area contributed by atoms with Crippen molar-refractivity contribution in [2.75, 3.05) is 6.61 Å². The maximum Gasteiger partial charge on any atom is 0.0540 e. The van der Waals surface area contributed by atoms with Gasteiger partial charge in [-0.25, -0.2) is 0 Å². The Kier molecular flexibility index (Phi) is 5.45. The Balaban J connectivity index is 1.97. The van der Waals surface area contributed by atoms with Crippen molar-refractivity contribution in [1.29, 1.82) is 0 Å². The molecule has 1 saturated heterocycles. The number of aliphatic hydroxyl groups excluding tert-OH is 1. The molecular formula is C16H23NOS. The highest BCUT2D eigenvalue weighted by Crippen LogP contribution is 2.26. The molecule has 0 radical (unpaired) electrons. The zero-order valence-corrected chi connectivity index (χ0v) is 12.7. The lowest BCUT2D eigenvalue weighted by Crippen LogP contribution is -2.42. The third-order valence-corrected chi connectivity index (χ3v) is 4.76. The number of piperidine rings is 1. The number of hydrogen-bond acceptors (Lipinski definition) is 3. The number of rotatable bonds is 3. The van der Waals surface area contributed by atoms with E-state index in [-0.39, 0.29) is 6.61 Å². The normalized spacial score (nSPS) is 23.9. The first kappa shape index (κ1) is 14.6. The minimum Gasteiger partial charge on any atom is -0.395 e. The van der Waals surface area contributed by atoms with Gasteiger partial charge in [-0.1, -0.05) is 18.3 Å². The summed E-state index contributed by atoms with van der Waals surface area (Å²) in [5.74, 6) is 6.09. The van der Waals surface area contributed by atoms with Gasteiger partial charge in [0, 0.05) is 40.9 Å². The Morgan fingerprint density at radius 2 is 2.11 bits per heavy atom. The molecule has 2 heterocycles. The van der Waals surface area contributed by atoms with Crippen molar-refractivity contribution < 1.29 is 5.11 Å². The van der Waals surface area contributed by atoms with Crippen molar-refractivity contribution >= 4 is 11.3 Å². The molecule has 0 amide bonds. The van der Waals surface area contributed by atoms with Gasteiger partial charge in [0.25, 0.3) is 0 Å². The van der Waals surface area contributed by atoms with Crippen molar-refractivity contribution in [3.63, 3.8) is 0 Å². The minimum absolute atomic E-state index is 0.146. The van der Waals surface area contributed by atoms with Crippen LogP contribution in [0.15, 0.2) is 11.4 Å². The first-order valence-electron chi connectivity index (χ1n) is 7.13. The highest BCUT2D eigenvalue weighted by atomic mass is 32.1. The Labute approximate surface area is 120 Å². The van der Waals surface area contributed by atoms with Gasteiger partial charge in [-0.3, -0.25) is 4.90 Å². The quantitative estimate of drug-likeness (QED) is 0.857. The monoisotopic (exact) mass is 277 g/mol. The van der Waals surface area contributed by atoms with E-state index in [1.807, 2.05) is 0 Å². The van der Waals surface area contributed by atoms with Gasteiger partial charge in [0.1, 0.15) is 0 Å². The lowest BCUT2D eigenvalue weighted by atomic mass is 9.97.